The lowest BCUT2D eigenvalue weighted by Gasteiger charge is -2.38. The van der Waals surface area contributed by atoms with Crippen LogP contribution in [0.25, 0.3) is 0 Å². The number of methoxy groups -OCH3 is 1. The van der Waals surface area contributed by atoms with Gasteiger partial charge in [0.05, 0.1) is 7.11 Å². The third-order valence-electron chi connectivity index (χ3n) is 4.03. The maximum absolute atomic E-state index is 12.2. The van der Waals surface area contributed by atoms with E-state index in [1.165, 1.54) is 7.11 Å². The molecule has 0 spiro atoms. The maximum Gasteiger partial charge on any atom is 0.327 e. The zero-order valence-corrected chi connectivity index (χ0v) is 13.6. The highest BCUT2D eigenvalue weighted by atomic mass is 35.5. The van der Waals surface area contributed by atoms with Crippen molar-refractivity contribution in [2.45, 2.75) is 12.5 Å². The van der Waals surface area contributed by atoms with E-state index in [4.69, 9.17) is 21.4 Å². The van der Waals surface area contributed by atoms with E-state index in [9.17, 15) is 4.79 Å². The van der Waals surface area contributed by atoms with Gasteiger partial charge < -0.3 is 14.7 Å². The average Bonchev–Trinajstić information content (AvgIpc) is 2.56. The molecule has 122 valence electrons. The van der Waals surface area contributed by atoms with Crippen molar-refractivity contribution >= 4 is 17.6 Å². The predicted octanol–water partition coefficient (Wildman–Crippen LogP) is 1.55. The van der Waals surface area contributed by atoms with E-state index in [1.807, 2.05) is 18.2 Å². The summed E-state index contributed by atoms with van der Waals surface area (Å²) < 4.78 is 4.98. The Hall–Kier alpha value is -1.14. The smallest absolute Gasteiger partial charge is 0.327 e. The van der Waals surface area contributed by atoms with Crippen LogP contribution in [-0.2, 0) is 9.53 Å². The Bertz CT molecular complexity index is 490. The quantitative estimate of drug-likeness (QED) is 0.804. The van der Waals surface area contributed by atoms with Crippen LogP contribution in [0.3, 0.4) is 0 Å². The molecular weight excluding hydrogens is 304 g/mol. The number of carbonyl (C=O) groups is 1. The van der Waals surface area contributed by atoms with Crippen molar-refractivity contribution in [2.24, 2.45) is 0 Å². The number of hydrogen-bond donors (Lipinski definition) is 1. The Kier molecular flexibility index (Phi) is 6.64. The molecule has 1 aromatic carbocycles. The zero-order chi connectivity index (χ0) is 15.9. The van der Waals surface area contributed by atoms with E-state index in [-0.39, 0.29) is 12.6 Å². The SMILES string of the molecule is COC(=O)[C@H](c1ccccc1Cl)N1CCN(CCCO)CC1. The summed E-state index contributed by atoms with van der Waals surface area (Å²) in [5.74, 6) is -0.281. The molecule has 1 heterocycles. The van der Waals surface area contributed by atoms with Gasteiger partial charge in [0.25, 0.3) is 0 Å². The lowest BCUT2D eigenvalue weighted by Crippen LogP contribution is -2.49. The summed E-state index contributed by atoms with van der Waals surface area (Å²) in [6.07, 6.45) is 0.783. The molecule has 0 aliphatic carbocycles. The highest BCUT2D eigenvalue weighted by Gasteiger charge is 2.32. The van der Waals surface area contributed by atoms with Crippen LogP contribution < -0.4 is 0 Å². The molecule has 0 saturated carbocycles. The minimum absolute atomic E-state index is 0.213. The van der Waals surface area contributed by atoms with E-state index in [2.05, 4.69) is 9.80 Å². The second kappa shape index (κ2) is 8.48. The molecule has 1 atom stereocenters. The summed E-state index contributed by atoms with van der Waals surface area (Å²) in [5.41, 5.74) is 0.792. The number of hydrogen-bond acceptors (Lipinski definition) is 5. The first-order valence-electron chi connectivity index (χ1n) is 7.57. The molecule has 0 aromatic heterocycles. The van der Waals surface area contributed by atoms with Crippen molar-refractivity contribution in [3.63, 3.8) is 0 Å². The highest BCUT2D eigenvalue weighted by Crippen LogP contribution is 2.29. The lowest BCUT2D eigenvalue weighted by molar-refractivity contribution is -0.148. The summed E-state index contributed by atoms with van der Waals surface area (Å²) in [4.78, 5) is 16.7. The minimum Gasteiger partial charge on any atom is -0.468 e. The van der Waals surface area contributed by atoms with E-state index >= 15 is 0 Å². The maximum atomic E-state index is 12.2. The van der Waals surface area contributed by atoms with Gasteiger partial charge in [0, 0.05) is 44.4 Å². The molecule has 22 heavy (non-hydrogen) atoms. The van der Waals surface area contributed by atoms with E-state index in [0.717, 1.165) is 44.7 Å². The summed E-state index contributed by atoms with van der Waals surface area (Å²) in [5, 5.41) is 9.49. The van der Waals surface area contributed by atoms with E-state index < -0.39 is 6.04 Å². The Balaban J connectivity index is 2.09. The third kappa shape index (κ3) is 4.20. The van der Waals surface area contributed by atoms with Crippen LogP contribution >= 0.6 is 11.6 Å². The van der Waals surface area contributed by atoms with Crippen LogP contribution in [0, 0.1) is 0 Å². The molecule has 6 heteroatoms. The molecule has 0 bridgehead atoms. The van der Waals surface area contributed by atoms with Crippen molar-refractivity contribution in [1.29, 1.82) is 0 Å². The molecule has 1 saturated heterocycles. The number of aliphatic hydroxyl groups is 1. The third-order valence-corrected chi connectivity index (χ3v) is 4.37. The van der Waals surface area contributed by atoms with Crippen LogP contribution in [0.2, 0.25) is 5.02 Å². The molecular formula is C16H23ClN2O3. The summed E-state index contributed by atoms with van der Waals surface area (Å²) >= 11 is 6.26. The number of aliphatic hydroxyl groups excluding tert-OH is 1. The first kappa shape index (κ1) is 17.2. The number of benzene rings is 1. The van der Waals surface area contributed by atoms with Crippen molar-refractivity contribution < 1.29 is 14.6 Å². The molecule has 1 aliphatic rings. The van der Waals surface area contributed by atoms with Gasteiger partial charge in [-0.15, -0.1) is 0 Å². The summed E-state index contributed by atoms with van der Waals surface area (Å²) in [7, 11) is 1.41. The number of piperazine rings is 1. The first-order chi connectivity index (χ1) is 10.7. The number of halogens is 1. The number of nitrogens with zero attached hydrogens (tertiary/aromatic N) is 2. The largest absolute Gasteiger partial charge is 0.468 e. The molecule has 0 amide bonds. The average molecular weight is 327 g/mol. The monoisotopic (exact) mass is 326 g/mol. The second-order valence-corrected chi connectivity index (χ2v) is 5.81. The molecule has 1 aliphatic heterocycles. The van der Waals surface area contributed by atoms with E-state index in [1.54, 1.807) is 6.07 Å². The molecule has 1 N–H and O–H groups in total. The number of esters is 1. The Morgan fingerprint density at radius 2 is 2.00 bits per heavy atom. The predicted molar refractivity (Wildman–Crippen MR) is 85.9 cm³/mol. The van der Waals surface area contributed by atoms with Gasteiger partial charge in [-0.3, -0.25) is 4.90 Å². The zero-order valence-electron chi connectivity index (χ0n) is 12.9. The van der Waals surface area contributed by atoms with E-state index in [0.29, 0.717) is 5.02 Å². The number of carbonyl (C=O) groups excluding carboxylic acids is 1. The van der Waals surface area contributed by atoms with Gasteiger partial charge in [0.1, 0.15) is 6.04 Å². The fourth-order valence-corrected chi connectivity index (χ4v) is 3.06. The second-order valence-electron chi connectivity index (χ2n) is 5.40. The fraction of sp³-hybridized carbons (Fsp3) is 0.562. The fourth-order valence-electron chi connectivity index (χ4n) is 2.82. The topological polar surface area (TPSA) is 53.0 Å². The molecule has 0 unspecified atom stereocenters. The van der Waals surface area contributed by atoms with Crippen LogP contribution in [0.1, 0.15) is 18.0 Å². The Labute approximate surface area is 136 Å². The number of rotatable bonds is 6. The van der Waals surface area contributed by atoms with Gasteiger partial charge in [-0.1, -0.05) is 29.8 Å². The van der Waals surface area contributed by atoms with Gasteiger partial charge in [-0.05, 0) is 18.1 Å². The van der Waals surface area contributed by atoms with Crippen molar-refractivity contribution in [3.8, 4) is 0 Å². The Morgan fingerprint density at radius 1 is 1.32 bits per heavy atom. The highest BCUT2D eigenvalue weighted by molar-refractivity contribution is 6.31. The van der Waals surface area contributed by atoms with Crippen molar-refractivity contribution in [2.75, 3.05) is 46.4 Å². The molecule has 1 fully saturated rings. The van der Waals surface area contributed by atoms with Crippen LogP contribution in [-0.4, -0.2) is 67.3 Å². The molecule has 0 radical (unpaired) electrons. The molecule has 5 nitrogen and oxygen atoms in total. The summed E-state index contributed by atoms with van der Waals surface area (Å²) in [6.45, 7) is 4.40. The van der Waals surface area contributed by atoms with Gasteiger partial charge >= 0.3 is 5.97 Å². The standard InChI is InChI=1S/C16H23ClN2O3/c1-22-16(21)15(13-5-2-3-6-14(13)17)19-10-8-18(9-11-19)7-4-12-20/h2-3,5-6,15,20H,4,7-12H2,1H3/t15-/m0/s1. The summed E-state index contributed by atoms with van der Waals surface area (Å²) in [6, 6.07) is 6.95. The molecule has 1 aromatic rings. The minimum atomic E-state index is -0.460. The van der Waals surface area contributed by atoms with Crippen LogP contribution in [0.15, 0.2) is 24.3 Å². The van der Waals surface area contributed by atoms with Crippen LogP contribution in [0.4, 0.5) is 0 Å². The van der Waals surface area contributed by atoms with Gasteiger partial charge in [-0.25, -0.2) is 4.79 Å². The van der Waals surface area contributed by atoms with Crippen LogP contribution in [0.5, 0.6) is 0 Å². The van der Waals surface area contributed by atoms with Crippen molar-refractivity contribution in [3.05, 3.63) is 34.9 Å². The normalized spacial score (nSPS) is 18.1. The Morgan fingerprint density at radius 3 is 2.59 bits per heavy atom. The molecule has 2 rings (SSSR count). The van der Waals surface area contributed by atoms with Crippen molar-refractivity contribution in [1.82, 2.24) is 9.80 Å². The number of ether oxygens (including phenoxy) is 1. The van der Waals surface area contributed by atoms with Gasteiger partial charge in [-0.2, -0.15) is 0 Å². The van der Waals surface area contributed by atoms with Gasteiger partial charge in [0.15, 0.2) is 0 Å². The van der Waals surface area contributed by atoms with Gasteiger partial charge in [0.2, 0.25) is 0 Å². The lowest BCUT2D eigenvalue weighted by atomic mass is 10.0. The first-order valence-corrected chi connectivity index (χ1v) is 7.94.